The summed E-state index contributed by atoms with van der Waals surface area (Å²) in [5.74, 6) is 0.635. The molecule has 6 nitrogen and oxygen atoms in total. The molecule has 0 aliphatic heterocycles. The molecule has 130 valence electrons. The van der Waals surface area contributed by atoms with Crippen LogP contribution >= 0.6 is 0 Å². The fourth-order valence-electron chi connectivity index (χ4n) is 4.25. The molecular formula is C19H22N4O2. The van der Waals surface area contributed by atoms with Crippen molar-refractivity contribution in [1.82, 2.24) is 15.2 Å². The minimum atomic E-state index is -0.367. The Labute approximate surface area is 146 Å². The third kappa shape index (κ3) is 2.27. The zero-order valence-corrected chi connectivity index (χ0v) is 15.2. The van der Waals surface area contributed by atoms with Gasteiger partial charge in [-0.05, 0) is 35.6 Å². The highest BCUT2D eigenvalue weighted by molar-refractivity contribution is 6.07. The van der Waals surface area contributed by atoms with Gasteiger partial charge in [0.2, 0.25) is 5.89 Å². The van der Waals surface area contributed by atoms with Crippen LogP contribution < -0.4 is 5.32 Å². The number of anilines is 1. The third-order valence-corrected chi connectivity index (χ3v) is 5.09. The Hall–Kier alpha value is -2.63. The van der Waals surface area contributed by atoms with Crippen LogP contribution in [-0.2, 0) is 5.41 Å². The zero-order valence-electron chi connectivity index (χ0n) is 15.2. The van der Waals surface area contributed by atoms with Gasteiger partial charge in [0.05, 0.1) is 5.69 Å². The van der Waals surface area contributed by atoms with E-state index in [4.69, 9.17) is 4.42 Å². The Morgan fingerprint density at radius 2 is 1.92 bits per heavy atom. The lowest BCUT2D eigenvalue weighted by atomic mass is 9.63. The van der Waals surface area contributed by atoms with Crippen molar-refractivity contribution in [2.45, 2.75) is 39.5 Å². The largest absolute Gasteiger partial charge is 0.403 e. The van der Waals surface area contributed by atoms with Crippen LogP contribution in [0.2, 0.25) is 0 Å². The molecule has 0 spiro atoms. The Bertz CT molecular complexity index is 994. The number of fused-ring (bicyclic) bond motifs is 3. The number of carbonyl (C=O) groups is 1. The Morgan fingerprint density at radius 3 is 2.60 bits per heavy atom. The molecule has 1 aliphatic rings. The van der Waals surface area contributed by atoms with Gasteiger partial charge < -0.3 is 14.7 Å². The van der Waals surface area contributed by atoms with Crippen molar-refractivity contribution in [3.05, 3.63) is 29.5 Å². The first-order chi connectivity index (χ1) is 11.7. The minimum absolute atomic E-state index is 0.103. The number of carbonyl (C=O) groups excluding carboxylic acids is 1. The van der Waals surface area contributed by atoms with E-state index in [9.17, 15) is 4.79 Å². The van der Waals surface area contributed by atoms with Crippen LogP contribution in [0.5, 0.6) is 0 Å². The fourth-order valence-corrected chi connectivity index (χ4v) is 4.25. The molecule has 0 bridgehead atoms. The summed E-state index contributed by atoms with van der Waals surface area (Å²) < 4.78 is 5.58. The topological polar surface area (TPSA) is 83.8 Å². The van der Waals surface area contributed by atoms with Crippen molar-refractivity contribution in [3.8, 4) is 11.5 Å². The van der Waals surface area contributed by atoms with E-state index in [1.54, 1.807) is 7.05 Å². The summed E-state index contributed by atoms with van der Waals surface area (Å²) in [6.07, 6.45) is 0.813. The molecule has 2 heterocycles. The molecule has 1 aromatic carbocycles. The number of hydrogen-bond acceptors (Lipinski definition) is 5. The number of aromatic amines is 1. The van der Waals surface area contributed by atoms with Crippen LogP contribution in [0.4, 0.5) is 6.01 Å². The van der Waals surface area contributed by atoms with Crippen molar-refractivity contribution in [1.29, 1.82) is 0 Å². The molecule has 0 fully saturated rings. The van der Waals surface area contributed by atoms with Crippen LogP contribution in [0.1, 0.15) is 50.2 Å². The van der Waals surface area contributed by atoms with Gasteiger partial charge in [-0.3, -0.25) is 4.79 Å². The van der Waals surface area contributed by atoms with Gasteiger partial charge in [-0.25, -0.2) is 0 Å². The molecule has 25 heavy (non-hydrogen) atoms. The van der Waals surface area contributed by atoms with E-state index in [1.807, 2.05) is 32.0 Å². The standard InChI is InChI=1S/C19H22N4O2/c1-18(2)9-19(3,4)15(24)14-13(18)11-8-10(6-7-12(11)21-14)16-22-23-17(20-5)25-16/h6-8,21H,9H2,1-5H3,(H,20,23). The Kier molecular flexibility index (Phi) is 3.14. The van der Waals surface area contributed by atoms with E-state index in [-0.39, 0.29) is 16.6 Å². The molecule has 0 amide bonds. The summed E-state index contributed by atoms with van der Waals surface area (Å²) in [7, 11) is 1.74. The highest BCUT2D eigenvalue weighted by Crippen LogP contribution is 2.48. The summed E-state index contributed by atoms with van der Waals surface area (Å²) >= 11 is 0. The van der Waals surface area contributed by atoms with Gasteiger partial charge in [0.25, 0.3) is 0 Å². The molecular weight excluding hydrogens is 316 g/mol. The van der Waals surface area contributed by atoms with Crippen LogP contribution in [0.3, 0.4) is 0 Å². The summed E-state index contributed by atoms with van der Waals surface area (Å²) in [5, 5.41) is 11.9. The smallest absolute Gasteiger partial charge is 0.315 e. The second-order valence-corrected chi connectivity index (χ2v) is 8.07. The fraction of sp³-hybridized carbons (Fsp3) is 0.421. The number of rotatable bonds is 2. The molecule has 2 N–H and O–H groups in total. The number of hydrogen-bond donors (Lipinski definition) is 2. The lowest BCUT2D eigenvalue weighted by Gasteiger charge is -2.39. The van der Waals surface area contributed by atoms with Crippen molar-refractivity contribution in [2.24, 2.45) is 5.41 Å². The predicted octanol–water partition coefficient (Wildman–Crippen LogP) is 4.15. The van der Waals surface area contributed by atoms with E-state index in [2.05, 4.69) is 34.3 Å². The van der Waals surface area contributed by atoms with Crippen LogP contribution in [-0.4, -0.2) is 28.0 Å². The summed E-state index contributed by atoms with van der Waals surface area (Å²) in [4.78, 5) is 16.3. The quantitative estimate of drug-likeness (QED) is 0.733. The molecule has 4 rings (SSSR count). The number of nitrogens with one attached hydrogen (secondary N) is 2. The number of ketones is 1. The van der Waals surface area contributed by atoms with E-state index < -0.39 is 0 Å². The first kappa shape index (κ1) is 15.9. The SMILES string of the molecule is CNc1nnc(-c2ccc3[nH]c4c(c3c2)C(C)(C)CC(C)(C)C4=O)o1. The lowest BCUT2D eigenvalue weighted by molar-refractivity contribution is 0.0760. The van der Waals surface area contributed by atoms with Gasteiger partial charge >= 0.3 is 6.01 Å². The Morgan fingerprint density at radius 1 is 1.16 bits per heavy atom. The van der Waals surface area contributed by atoms with Crippen molar-refractivity contribution < 1.29 is 9.21 Å². The summed E-state index contributed by atoms with van der Waals surface area (Å²) in [6, 6.07) is 6.32. The third-order valence-electron chi connectivity index (χ3n) is 5.09. The maximum Gasteiger partial charge on any atom is 0.315 e. The van der Waals surface area contributed by atoms with E-state index in [0.717, 1.165) is 34.1 Å². The maximum absolute atomic E-state index is 12.9. The Balaban J connectivity index is 1.94. The number of H-pyrrole nitrogens is 1. The number of benzene rings is 1. The zero-order chi connectivity index (χ0) is 18.0. The average molecular weight is 338 g/mol. The molecule has 0 saturated heterocycles. The van der Waals surface area contributed by atoms with E-state index >= 15 is 0 Å². The molecule has 2 aromatic heterocycles. The first-order valence-corrected chi connectivity index (χ1v) is 8.45. The summed E-state index contributed by atoms with van der Waals surface area (Å²) in [5.41, 5.74) is 3.15. The number of Topliss-reactive ketones (excluding diaryl/α,β-unsaturated/α-hetero) is 1. The monoisotopic (exact) mass is 338 g/mol. The summed E-state index contributed by atoms with van der Waals surface area (Å²) in [6.45, 7) is 8.45. The maximum atomic E-state index is 12.9. The van der Waals surface area contributed by atoms with Gasteiger partial charge in [-0.1, -0.05) is 32.8 Å². The molecule has 0 saturated carbocycles. The van der Waals surface area contributed by atoms with Gasteiger partial charge in [0.15, 0.2) is 5.78 Å². The van der Waals surface area contributed by atoms with Gasteiger partial charge in [-0.2, -0.15) is 0 Å². The van der Waals surface area contributed by atoms with Gasteiger partial charge in [-0.15, -0.1) is 5.10 Å². The first-order valence-electron chi connectivity index (χ1n) is 8.45. The number of nitrogens with zero attached hydrogens (tertiary/aromatic N) is 2. The van der Waals surface area contributed by atoms with Crippen molar-refractivity contribution >= 4 is 22.7 Å². The molecule has 6 heteroatoms. The molecule has 0 unspecified atom stereocenters. The highest BCUT2D eigenvalue weighted by atomic mass is 16.4. The van der Waals surface area contributed by atoms with Crippen LogP contribution in [0.25, 0.3) is 22.4 Å². The molecule has 1 aliphatic carbocycles. The van der Waals surface area contributed by atoms with Gasteiger partial charge in [0.1, 0.15) is 0 Å². The van der Waals surface area contributed by atoms with Crippen molar-refractivity contribution in [3.63, 3.8) is 0 Å². The van der Waals surface area contributed by atoms with Crippen LogP contribution in [0, 0.1) is 5.41 Å². The molecule has 0 radical (unpaired) electrons. The van der Waals surface area contributed by atoms with Gasteiger partial charge in [0, 0.05) is 28.9 Å². The second-order valence-electron chi connectivity index (χ2n) is 8.07. The van der Waals surface area contributed by atoms with E-state index in [1.165, 1.54) is 0 Å². The van der Waals surface area contributed by atoms with E-state index in [0.29, 0.717) is 11.9 Å². The lowest BCUT2D eigenvalue weighted by Crippen LogP contribution is -2.39. The highest BCUT2D eigenvalue weighted by Gasteiger charge is 2.45. The predicted molar refractivity (Wildman–Crippen MR) is 96.9 cm³/mol. The van der Waals surface area contributed by atoms with Crippen LogP contribution in [0.15, 0.2) is 22.6 Å². The van der Waals surface area contributed by atoms with Crippen molar-refractivity contribution in [2.75, 3.05) is 12.4 Å². The molecule has 3 aromatic rings. The average Bonchev–Trinajstić information content (AvgIpc) is 3.15. The molecule has 0 atom stereocenters. The second kappa shape index (κ2) is 4.94. The normalized spacial score (nSPS) is 18.4. The number of aromatic nitrogens is 3. The minimum Gasteiger partial charge on any atom is -0.403 e.